The molecule has 1 aliphatic rings. The second kappa shape index (κ2) is 6.08. The van der Waals surface area contributed by atoms with Crippen molar-refractivity contribution in [2.75, 3.05) is 0 Å². The SMILES string of the molecule is c1ccc2cc3c(cc2c1)-c1cccc2c(-n4c5ccccc5c5ncccc54)ccc-3c12. The smallest absolute Gasteiger partial charge is 0.0963 e. The van der Waals surface area contributed by atoms with Gasteiger partial charge in [-0.1, -0.05) is 66.7 Å². The number of nitrogens with zero attached hydrogens (tertiary/aromatic N) is 2. The molecule has 0 unspecified atom stereocenters. The van der Waals surface area contributed by atoms with Crippen LogP contribution in [0.3, 0.4) is 0 Å². The Morgan fingerprint density at radius 2 is 1.21 bits per heavy atom. The maximum absolute atomic E-state index is 4.73. The van der Waals surface area contributed by atoms with Gasteiger partial charge in [-0.15, -0.1) is 0 Å². The lowest BCUT2D eigenvalue weighted by Crippen LogP contribution is -1.95. The van der Waals surface area contributed by atoms with Crippen molar-refractivity contribution in [1.29, 1.82) is 0 Å². The lowest BCUT2D eigenvalue weighted by Gasteiger charge is -2.13. The first-order valence-corrected chi connectivity index (χ1v) is 11.3. The van der Waals surface area contributed by atoms with Crippen molar-refractivity contribution in [3.63, 3.8) is 0 Å². The zero-order valence-electron chi connectivity index (χ0n) is 17.8. The highest BCUT2D eigenvalue weighted by atomic mass is 15.0. The summed E-state index contributed by atoms with van der Waals surface area (Å²) in [6, 6.07) is 37.4. The van der Waals surface area contributed by atoms with Crippen LogP contribution in [0.4, 0.5) is 0 Å². The average molecular weight is 418 g/mol. The van der Waals surface area contributed by atoms with E-state index in [0.29, 0.717) is 0 Å². The molecule has 0 spiro atoms. The van der Waals surface area contributed by atoms with Gasteiger partial charge in [0.2, 0.25) is 0 Å². The van der Waals surface area contributed by atoms with Crippen LogP contribution in [0.15, 0.2) is 109 Å². The summed E-state index contributed by atoms with van der Waals surface area (Å²) >= 11 is 0. The molecule has 0 saturated carbocycles. The topological polar surface area (TPSA) is 17.8 Å². The second-order valence-corrected chi connectivity index (χ2v) is 8.83. The van der Waals surface area contributed by atoms with Gasteiger partial charge < -0.3 is 4.57 Å². The largest absolute Gasteiger partial charge is 0.307 e. The third kappa shape index (κ3) is 2.15. The Kier molecular flexibility index (Phi) is 3.16. The highest BCUT2D eigenvalue weighted by Gasteiger charge is 2.24. The molecule has 2 aromatic heterocycles. The lowest BCUT2D eigenvalue weighted by atomic mass is 9.99. The molecule has 2 heterocycles. The van der Waals surface area contributed by atoms with Gasteiger partial charge in [-0.25, -0.2) is 0 Å². The van der Waals surface area contributed by atoms with Crippen LogP contribution in [0.25, 0.3) is 71.4 Å². The minimum Gasteiger partial charge on any atom is -0.307 e. The third-order valence-corrected chi connectivity index (χ3v) is 7.15. The number of fused-ring (bicyclic) bond motifs is 7. The van der Waals surface area contributed by atoms with Crippen LogP contribution in [0.1, 0.15) is 0 Å². The van der Waals surface area contributed by atoms with Gasteiger partial charge in [0, 0.05) is 17.0 Å². The average Bonchev–Trinajstić information content (AvgIpc) is 3.37. The van der Waals surface area contributed by atoms with Crippen molar-refractivity contribution < 1.29 is 0 Å². The second-order valence-electron chi connectivity index (χ2n) is 8.83. The number of benzene rings is 5. The van der Waals surface area contributed by atoms with Crippen molar-refractivity contribution in [3.8, 4) is 27.9 Å². The molecule has 152 valence electrons. The molecule has 1 aliphatic carbocycles. The molecule has 2 heteroatoms. The predicted molar refractivity (Wildman–Crippen MR) is 138 cm³/mol. The van der Waals surface area contributed by atoms with Crippen molar-refractivity contribution in [2.45, 2.75) is 0 Å². The van der Waals surface area contributed by atoms with E-state index in [-0.39, 0.29) is 0 Å². The van der Waals surface area contributed by atoms with Crippen LogP contribution in [0, 0.1) is 0 Å². The number of aromatic nitrogens is 2. The van der Waals surface area contributed by atoms with Gasteiger partial charge in [-0.05, 0) is 74.8 Å². The molecule has 0 radical (unpaired) electrons. The molecule has 0 bridgehead atoms. The molecule has 0 N–H and O–H groups in total. The molecule has 5 aromatic carbocycles. The maximum Gasteiger partial charge on any atom is 0.0963 e. The van der Waals surface area contributed by atoms with Crippen LogP contribution >= 0.6 is 0 Å². The van der Waals surface area contributed by atoms with Crippen LogP contribution in [-0.2, 0) is 0 Å². The van der Waals surface area contributed by atoms with Crippen LogP contribution in [0.5, 0.6) is 0 Å². The van der Waals surface area contributed by atoms with Crippen molar-refractivity contribution in [2.24, 2.45) is 0 Å². The van der Waals surface area contributed by atoms with Gasteiger partial charge in [-0.2, -0.15) is 0 Å². The van der Waals surface area contributed by atoms with E-state index in [1.807, 2.05) is 12.3 Å². The van der Waals surface area contributed by atoms with Crippen LogP contribution < -0.4 is 0 Å². The van der Waals surface area contributed by atoms with E-state index in [4.69, 9.17) is 4.98 Å². The monoisotopic (exact) mass is 418 g/mol. The van der Waals surface area contributed by atoms with Crippen LogP contribution in [-0.4, -0.2) is 9.55 Å². The van der Waals surface area contributed by atoms with E-state index < -0.39 is 0 Å². The Morgan fingerprint density at radius 3 is 2.06 bits per heavy atom. The zero-order chi connectivity index (χ0) is 21.5. The Morgan fingerprint density at radius 1 is 0.515 bits per heavy atom. The molecule has 0 aliphatic heterocycles. The summed E-state index contributed by atoms with van der Waals surface area (Å²) in [5.41, 5.74) is 9.88. The summed E-state index contributed by atoms with van der Waals surface area (Å²) in [6.07, 6.45) is 1.88. The van der Waals surface area contributed by atoms with Crippen molar-refractivity contribution in [1.82, 2.24) is 9.55 Å². The summed E-state index contributed by atoms with van der Waals surface area (Å²) in [4.78, 5) is 4.73. The lowest BCUT2D eigenvalue weighted by molar-refractivity contribution is 1.19. The van der Waals surface area contributed by atoms with E-state index >= 15 is 0 Å². The Bertz CT molecular complexity index is 1820. The number of hydrogen-bond donors (Lipinski definition) is 0. The van der Waals surface area contributed by atoms with Gasteiger partial charge in [0.15, 0.2) is 0 Å². The first-order chi connectivity index (χ1) is 16.4. The van der Waals surface area contributed by atoms with Gasteiger partial charge in [0.25, 0.3) is 0 Å². The normalized spacial score (nSPS) is 12.2. The van der Waals surface area contributed by atoms with Gasteiger partial charge >= 0.3 is 0 Å². The summed E-state index contributed by atoms with van der Waals surface area (Å²) in [6.45, 7) is 0. The number of para-hydroxylation sites is 1. The minimum atomic E-state index is 1.05. The third-order valence-electron chi connectivity index (χ3n) is 7.15. The first kappa shape index (κ1) is 17.2. The van der Waals surface area contributed by atoms with E-state index in [1.165, 1.54) is 60.4 Å². The number of pyridine rings is 1. The molecule has 7 aromatic rings. The summed E-state index contributed by atoms with van der Waals surface area (Å²) < 4.78 is 2.38. The molecule has 0 saturated heterocycles. The van der Waals surface area contributed by atoms with E-state index in [2.05, 4.69) is 102 Å². The Labute approximate surface area is 190 Å². The quantitative estimate of drug-likeness (QED) is 0.263. The summed E-state index contributed by atoms with van der Waals surface area (Å²) in [5.74, 6) is 0. The van der Waals surface area contributed by atoms with Crippen molar-refractivity contribution in [3.05, 3.63) is 109 Å². The minimum absolute atomic E-state index is 1.05. The highest BCUT2D eigenvalue weighted by molar-refractivity contribution is 6.20. The fraction of sp³-hybridized carbons (Fsp3) is 0. The summed E-state index contributed by atoms with van der Waals surface area (Å²) in [7, 11) is 0. The van der Waals surface area contributed by atoms with Crippen molar-refractivity contribution >= 4 is 43.5 Å². The van der Waals surface area contributed by atoms with Gasteiger partial charge in [0.05, 0.1) is 22.2 Å². The van der Waals surface area contributed by atoms with E-state index in [9.17, 15) is 0 Å². The molecule has 2 nitrogen and oxygen atoms in total. The molecule has 8 rings (SSSR count). The van der Waals surface area contributed by atoms with E-state index in [1.54, 1.807) is 0 Å². The number of rotatable bonds is 1. The Hall–Kier alpha value is -4.43. The molecule has 0 fully saturated rings. The predicted octanol–water partition coefficient (Wildman–Crippen LogP) is 8.13. The molecular formula is C31H18N2. The number of hydrogen-bond acceptors (Lipinski definition) is 1. The Balaban J connectivity index is 1.51. The van der Waals surface area contributed by atoms with E-state index in [0.717, 1.165) is 11.0 Å². The van der Waals surface area contributed by atoms with Crippen LogP contribution in [0.2, 0.25) is 0 Å². The molecular weight excluding hydrogens is 400 g/mol. The first-order valence-electron chi connectivity index (χ1n) is 11.3. The fourth-order valence-corrected chi connectivity index (χ4v) is 5.76. The van der Waals surface area contributed by atoms with Gasteiger partial charge in [0.1, 0.15) is 0 Å². The summed E-state index contributed by atoms with van der Waals surface area (Å²) in [5, 5.41) is 6.38. The highest BCUT2D eigenvalue weighted by Crippen LogP contribution is 2.50. The molecule has 33 heavy (non-hydrogen) atoms. The molecule has 0 amide bonds. The van der Waals surface area contributed by atoms with Gasteiger partial charge in [-0.3, -0.25) is 4.98 Å². The zero-order valence-corrected chi connectivity index (χ0v) is 17.8. The standard InChI is InChI=1S/C31H18N2/c1-2-8-20-18-26-22-14-15-28(23-11-5-10-21(30(22)23)25(26)17-19(20)7-1)33-27-12-4-3-9-24(27)31-29(33)13-6-16-32-31/h1-18H. The fourth-order valence-electron chi connectivity index (χ4n) is 5.76. The molecule has 0 atom stereocenters. The maximum atomic E-state index is 4.73.